The van der Waals surface area contributed by atoms with Crippen molar-refractivity contribution in [1.82, 2.24) is 25.5 Å². The van der Waals surface area contributed by atoms with Crippen molar-refractivity contribution in [3.8, 4) is 0 Å². The molecule has 0 spiro atoms. The Bertz CT molecular complexity index is 1340. The van der Waals surface area contributed by atoms with Gasteiger partial charge in [0.05, 0.1) is 18.6 Å². The minimum absolute atomic E-state index is 0.0505. The Morgan fingerprint density at radius 3 is 2.29 bits per heavy atom. The summed E-state index contributed by atoms with van der Waals surface area (Å²) in [4.78, 5) is 52.7. The Balaban J connectivity index is 1.16. The smallest absolute Gasteiger partial charge is 0.240 e. The number of hydrogen-bond donors (Lipinski definition) is 3. The molecule has 0 aromatic rings. The molecule has 1 aliphatic heterocycles. The maximum Gasteiger partial charge on any atom is 0.240 e. The molecular weight excluding hydrogens is 707 g/mol. The molecule has 7 rings (SSSR count). The van der Waals surface area contributed by atoms with Crippen LogP contribution in [0.1, 0.15) is 118 Å². The first-order valence-electron chi connectivity index (χ1n) is 22.6. The van der Waals surface area contributed by atoms with Gasteiger partial charge in [-0.1, -0.05) is 59.3 Å². The van der Waals surface area contributed by atoms with Gasteiger partial charge in [0, 0.05) is 50.2 Å². The van der Waals surface area contributed by atoms with Gasteiger partial charge >= 0.3 is 0 Å². The van der Waals surface area contributed by atoms with E-state index in [1.54, 1.807) is 5.06 Å². The van der Waals surface area contributed by atoms with Gasteiger partial charge in [0.25, 0.3) is 0 Å². The lowest BCUT2D eigenvalue weighted by Crippen LogP contribution is -2.62. The molecule has 7 fully saturated rings. The molecule has 14 atom stereocenters. The lowest BCUT2D eigenvalue weighted by Gasteiger charge is -2.62. The summed E-state index contributed by atoms with van der Waals surface area (Å²) in [7, 11) is 10.3. The van der Waals surface area contributed by atoms with E-state index >= 15 is 0 Å². The fraction of sp³-hybridized carbons (Fsp3) is 0.933. The topological polar surface area (TPSA) is 124 Å². The number of carbonyl (C=O) groups excluding carboxylic acids is 3. The molecule has 6 unspecified atom stereocenters. The fourth-order valence-corrected chi connectivity index (χ4v) is 13.1. The molecule has 0 aromatic heterocycles. The number of nitrogens with zero attached hydrogens (tertiary/aromatic N) is 3. The van der Waals surface area contributed by atoms with Crippen LogP contribution in [0.2, 0.25) is 0 Å². The van der Waals surface area contributed by atoms with Crippen molar-refractivity contribution in [3.05, 3.63) is 0 Å². The van der Waals surface area contributed by atoms with Crippen LogP contribution in [0, 0.1) is 58.7 Å². The van der Waals surface area contributed by atoms with Crippen LogP contribution in [-0.4, -0.2) is 129 Å². The van der Waals surface area contributed by atoms with Crippen LogP contribution >= 0.6 is 0 Å². The van der Waals surface area contributed by atoms with Crippen LogP contribution in [-0.2, 0) is 24.0 Å². The van der Waals surface area contributed by atoms with Gasteiger partial charge in [0.15, 0.2) is 0 Å². The summed E-state index contributed by atoms with van der Waals surface area (Å²) in [6.07, 6.45) is 14.7. The van der Waals surface area contributed by atoms with Gasteiger partial charge in [-0.15, -0.1) is 0 Å². The lowest BCUT2D eigenvalue weighted by atomic mass is 9.45. The molecule has 0 aromatic carbocycles. The molecule has 2 bridgehead atoms. The van der Waals surface area contributed by atoms with Crippen LogP contribution in [0.25, 0.3) is 0 Å². The molecule has 1 saturated heterocycles. The summed E-state index contributed by atoms with van der Waals surface area (Å²) in [5.41, 5.74) is 0.303. The van der Waals surface area contributed by atoms with Crippen LogP contribution in [0.15, 0.2) is 0 Å². The average molecular weight is 786 g/mol. The minimum atomic E-state index is -0.800. The number of aliphatic hydroxyl groups excluding tert-OH is 1. The van der Waals surface area contributed by atoms with E-state index in [-0.39, 0.29) is 60.1 Å². The van der Waals surface area contributed by atoms with Crippen LogP contribution < -0.4 is 10.6 Å². The van der Waals surface area contributed by atoms with Crippen molar-refractivity contribution in [2.45, 2.75) is 154 Å². The number of amides is 2. The molecule has 3 N–H and O–H groups in total. The van der Waals surface area contributed by atoms with Crippen molar-refractivity contribution < 1.29 is 29.1 Å². The number of Topliss-reactive ketones (excluding diaryl/α,β-unsaturated/α-hetero) is 1. The maximum atomic E-state index is 14.3. The Kier molecular flexibility index (Phi) is 14.7. The molecular formula is C45H79N5O6. The number of methoxy groups -OCH3 is 1. The molecule has 320 valence electrons. The summed E-state index contributed by atoms with van der Waals surface area (Å²) >= 11 is 0. The number of aliphatic hydroxyl groups is 1. The first-order valence-corrected chi connectivity index (χ1v) is 22.6. The number of ether oxygens (including phenoxy) is 1. The van der Waals surface area contributed by atoms with Crippen molar-refractivity contribution in [3.63, 3.8) is 0 Å². The summed E-state index contributed by atoms with van der Waals surface area (Å²) < 4.78 is 6.44. The van der Waals surface area contributed by atoms with Crippen molar-refractivity contribution in [1.29, 1.82) is 0 Å². The predicted octanol–water partition coefficient (Wildman–Crippen LogP) is 5.15. The van der Waals surface area contributed by atoms with Crippen LogP contribution in [0.3, 0.4) is 0 Å². The molecule has 6 saturated carbocycles. The molecule has 7 aliphatic rings. The van der Waals surface area contributed by atoms with Crippen molar-refractivity contribution in [2.75, 3.05) is 55.0 Å². The van der Waals surface area contributed by atoms with Crippen molar-refractivity contribution in [2.24, 2.45) is 58.7 Å². The number of fused-ring (bicyclic) bond motifs is 2. The SMILES string of the molecule is COC1C(CN2O[C@@H](CO)[C@@H](C(C)=O)[C@H]2C(=O)N[C@H]2C[C@H]3C[C@@H]([C@@H]2C)C3(C)C)CCCC1C1CC(C(=O)N[C@@H](CC2CCCCC2)CN(C)C)CC(N(C)C)C1. The lowest BCUT2D eigenvalue weighted by molar-refractivity contribution is -0.193. The van der Waals surface area contributed by atoms with E-state index in [1.165, 1.54) is 45.4 Å². The zero-order valence-corrected chi connectivity index (χ0v) is 36.5. The maximum absolute atomic E-state index is 14.3. The molecule has 2 amide bonds. The Labute approximate surface area is 339 Å². The van der Waals surface area contributed by atoms with Gasteiger partial charge in [-0.2, -0.15) is 5.06 Å². The normalized spacial score (nSPS) is 39.6. The van der Waals surface area contributed by atoms with Gasteiger partial charge in [0.1, 0.15) is 17.9 Å². The van der Waals surface area contributed by atoms with E-state index in [0.717, 1.165) is 57.9 Å². The van der Waals surface area contributed by atoms with E-state index in [9.17, 15) is 19.5 Å². The van der Waals surface area contributed by atoms with Crippen molar-refractivity contribution >= 4 is 17.6 Å². The largest absolute Gasteiger partial charge is 0.394 e. The highest BCUT2D eigenvalue weighted by Gasteiger charge is 2.58. The quantitative estimate of drug-likeness (QED) is 0.207. The van der Waals surface area contributed by atoms with Gasteiger partial charge in [-0.25, -0.2) is 0 Å². The Morgan fingerprint density at radius 1 is 0.946 bits per heavy atom. The molecule has 11 heteroatoms. The van der Waals surface area contributed by atoms with Gasteiger partial charge in [0.2, 0.25) is 11.8 Å². The second-order valence-corrected chi connectivity index (χ2v) is 20.6. The monoisotopic (exact) mass is 786 g/mol. The standard InChI is InChI=1S/C45H79N5O6/c1-27-37-22-33(45(37,3)4)23-38(27)47-44(54)41-40(28(2)52)39(26-51)56-50(41)24-30-16-13-17-36(42(30)55-9)31-19-32(21-35(20-31)49(7)8)43(53)46-34(25-48(5)6)18-29-14-11-10-12-15-29/h27,29-42,51H,10-26H2,1-9H3,(H,46,53)(H,47,54)/t27-,30?,31?,32?,33+,34-,35?,36?,37-,38-,39-,40+,41-,42?/m0/s1. The van der Waals surface area contributed by atoms with E-state index < -0.39 is 18.1 Å². The number of carbonyl (C=O) groups is 3. The number of nitrogens with one attached hydrogen (secondary N) is 2. The first kappa shape index (κ1) is 43.9. The second-order valence-electron chi connectivity index (χ2n) is 20.6. The fourth-order valence-electron chi connectivity index (χ4n) is 13.1. The number of ketones is 1. The minimum Gasteiger partial charge on any atom is -0.394 e. The zero-order chi connectivity index (χ0) is 40.5. The average Bonchev–Trinajstić information content (AvgIpc) is 3.53. The molecule has 56 heavy (non-hydrogen) atoms. The third kappa shape index (κ3) is 9.54. The molecule has 11 nitrogen and oxygen atoms in total. The second kappa shape index (κ2) is 18.7. The van der Waals surface area contributed by atoms with Crippen LogP contribution in [0.4, 0.5) is 0 Å². The van der Waals surface area contributed by atoms with E-state index in [1.807, 2.05) is 7.11 Å². The van der Waals surface area contributed by atoms with Gasteiger partial charge in [-0.3, -0.25) is 19.2 Å². The van der Waals surface area contributed by atoms with E-state index in [2.05, 4.69) is 69.4 Å². The molecule has 1 heterocycles. The Hall–Kier alpha value is -1.63. The summed E-state index contributed by atoms with van der Waals surface area (Å²) in [6, 6.07) is -0.260. The summed E-state index contributed by atoms with van der Waals surface area (Å²) in [5, 5.41) is 19.1. The van der Waals surface area contributed by atoms with Crippen LogP contribution in [0.5, 0.6) is 0 Å². The summed E-state index contributed by atoms with van der Waals surface area (Å²) in [6.45, 7) is 9.49. The highest BCUT2D eigenvalue weighted by Crippen LogP contribution is 2.61. The highest BCUT2D eigenvalue weighted by molar-refractivity contribution is 5.91. The first-order chi connectivity index (χ1) is 26.6. The highest BCUT2D eigenvalue weighted by atomic mass is 16.7. The van der Waals surface area contributed by atoms with E-state index in [0.29, 0.717) is 47.6 Å². The molecule has 6 aliphatic carbocycles. The third-order valence-electron chi connectivity index (χ3n) is 16.3. The number of rotatable bonds is 15. The summed E-state index contributed by atoms with van der Waals surface area (Å²) in [5.74, 6) is 2.02. The van der Waals surface area contributed by atoms with Gasteiger partial charge < -0.3 is 30.3 Å². The Morgan fingerprint density at radius 2 is 1.68 bits per heavy atom. The zero-order valence-electron chi connectivity index (χ0n) is 36.5. The number of likely N-dealkylation sites (N-methyl/N-ethyl adjacent to an activating group) is 1. The predicted molar refractivity (Wildman–Crippen MR) is 219 cm³/mol. The van der Waals surface area contributed by atoms with Gasteiger partial charge in [-0.05, 0) is 127 Å². The third-order valence-corrected chi connectivity index (χ3v) is 16.3. The number of hydrogen-bond acceptors (Lipinski definition) is 9. The van der Waals surface area contributed by atoms with E-state index in [4.69, 9.17) is 9.57 Å². The molecule has 0 radical (unpaired) electrons. The number of hydroxylamine groups is 2.